The van der Waals surface area contributed by atoms with E-state index in [2.05, 4.69) is 18.8 Å². The summed E-state index contributed by atoms with van der Waals surface area (Å²) in [6.07, 6.45) is 1.28. The van der Waals surface area contributed by atoms with Crippen LogP contribution < -0.4 is 5.32 Å². The molecule has 0 aromatic carbocycles. The molecule has 0 aromatic rings. The lowest BCUT2D eigenvalue weighted by molar-refractivity contribution is 0.0963. The van der Waals surface area contributed by atoms with Crippen LogP contribution in [-0.4, -0.2) is 29.5 Å². The Morgan fingerprint density at radius 3 is 2.73 bits per heavy atom. The van der Waals surface area contributed by atoms with Crippen LogP contribution in [0.15, 0.2) is 12.3 Å². The van der Waals surface area contributed by atoms with Crippen molar-refractivity contribution < 1.29 is 10.2 Å². The molecule has 0 bridgehead atoms. The number of allylic oxidation sites excluding steroid dienone is 1. The van der Waals surface area contributed by atoms with Gasteiger partial charge in [-0.3, -0.25) is 0 Å². The molecular formula is C8H17NO2. The third-order valence-electron chi connectivity index (χ3n) is 1.35. The zero-order valence-corrected chi connectivity index (χ0v) is 7.01. The quantitative estimate of drug-likeness (QED) is 0.520. The Morgan fingerprint density at radius 1 is 1.64 bits per heavy atom. The maximum absolute atomic E-state index is 8.92. The second-order valence-electron chi connectivity index (χ2n) is 2.57. The van der Waals surface area contributed by atoms with E-state index in [4.69, 9.17) is 10.2 Å². The summed E-state index contributed by atoms with van der Waals surface area (Å²) in [6.45, 7) is 5.99. The molecule has 3 N–H and O–H groups in total. The molecule has 0 aliphatic rings. The molecule has 0 aliphatic carbocycles. The maximum atomic E-state index is 8.92. The lowest BCUT2D eigenvalue weighted by atomic mass is 10.2. The van der Waals surface area contributed by atoms with Crippen LogP contribution in [0.5, 0.6) is 0 Å². The fourth-order valence-electron chi connectivity index (χ4n) is 0.717. The highest BCUT2D eigenvalue weighted by Gasteiger charge is 2.00. The van der Waals surface area contributed by atoms with Gasteiger partial charge in [0, 0.05) is 12.2 Å². The van der Waals surface area contributed by atoms with Gasteiger partial charge in [-0.05, 0) is 6.42 Å². The summed E-state index contributed by atoms with van der Waals surface area (Å²) in [4.78, 5) is 0. The van der Waals surface area contributed by atoms with Crippen LogP contribution in [0, 0.1) is 0 Å². The highest BCUT2D eigenvalue weighted by atomic mass is 16.3. The van der Waals surface area contributed by atoms with Crippen molar-refractivity contribution >= 4 is 0 Å². The normalized spacial score (nSPS) is 12.6. The summed E-state index contributed by atoms with van der Waals surface area (Å²) >= 11 is 0. The van der Waals surface area contributed by atoms with Crippen molar-refractivity contribution in [3.63, 3.8) is 0 Å². The van der Waals surface area contributed by atoms with Gasteiger partial charge in [-0.15, -0.1) is 0 Å². The summed E-state index contributed by atoms with van der Waals surface area (Å²) in [6, 6.07) is 0. The fourth-order valence-corrected chi connectivity index (χ4v) is 0.717. The van der Waals surface area contributed by atoms with Gasteiger partial charge < -0.3 is 15.5 Å². The van der Waals surface area contributed by atoms with Crippen molar-refractivity contribution in [2.75, 3.05) is 13.2 Å². The Labute approximate surface area is 67.7 Å². The molecule has 0 saturated carbocycles. The molecule has 0 saturated heterocycles. The average Bonchev–Trinajstić information content (AvgIpc) is 2.01. The topological polar surface area (TPSA) is 52.5 Å². The standard InChI is InChI=1S/C8H17NO2/c1-3-4-7(2)9-5-8(11)6-10/h8-11H,2-6H2,1H3. The first-order chi connectivity index (χ1) is 5.20. The molecule has 0 amide bonds. The van der Waals surface area contributed by atoms with Gasteiger partial charge in [0.15, 0.2) is 0 Å². The lowest BCUT2D eigenvalue weighted by Crippen LogP contribution is -2.28. The molecule has 0 aromatic heterocycles. The zero-order chi connectivity index (χ0) is 8.69. The second kappa shape index (κ2) is 6.19. The number of hydrogen-bond donors (Lipinski definition) is 3. The van der Waals surface area contributed by atoms with Gasteiger partial charge in [0.05, 0.1) is 12.7 Å². The van der Waals surface area contributed by atoms with Crippen LogP contribution in [-0.2, 0) is 0 Å². The minimum Gasteiger partial charge on any atom is -0.394 e. The van der Waals surface area contributed by atoms with Crippen LogP contribution >= 0.6 is 0 Å². The second-order valence-corrected chi connectivity index (χ2v) is 2.57. The lowest BCUT2D eigenvalue weighted by Gasteiger charge is -2.11. The number of aliphatic hydroxyl groups is 2. The molecule has 0 heterocycles. The van der Waals surface area contributed by atoms with E-state index in [1.165, 1.54) is 0 Å². The largest absolute Gasteiger partial charge is 0.394 e. The molecule has 3 heteroatoms. The molecule has 3 nitrogen and oxygen atoms in total. The first-order valence-electron chi connectivity index (χ1n) is 3.91. The predicted molar refractivity (Wildman–Crippen MR) is 45.1 cm³/mol. The van der Waals surface area contributed by atoms with E-state index >= 15 is 0 Å². The van der Waals surface area contributed by atoms with E-state index in [1.807, 2.05) is 0 Å². The summed E-state index contributed by atoms with van der Waals surface area (Å²) in [5.41, 5.74) is 0.917. The van der Waals surface area contributed by atoms with Gasteiger partial charge in [-0.2, -0.15) is 0 Å². The van der Waals surface area contributed by atoms with Crippen LogP contribution in [0.2, 0.25) is 0 Å². The number of aliphatic hydroxyl groups excluding tert-OH is 2. The fraction of sp³-hybridized carbons (Fsp3) is 0.750. The van der Waals surface area contributed by atoms with Crippen LogP contribution in [0.3, 0.4) is 0 Å². The van der Waals surface area contributed by atoms with Gasteiger partial charge >= 0.3 is 0 Å². The van der Waals surface area contributed by atoms with Crippen molar-refractivity contribution in [1.82, 2.24) is 5.32 Å². The SMILES string of the molecule is C=C(CCC)NCC(O)CO. The summed E-state index contributed by atoms with van der Waals surface area (Å²) < 4.78 is 0. The Balaban J connectivity index is 3.30. The Morgan fingerprint density at radius 2 is 2.27 bits per heavy atom. The molecule has 0 spiro atoms. The Kier molecular flexibility index (Phi) is 5.88. The molecular weight excluding hydrogens is 142 g/mol. The summed E-state index contributed by atoms with van der Waals surface area (Å²) in [5, 5.41) is 20.3. The van der Waals surface area contributed by atoms with Gasteiger partial charge in [0.1, 0.15) is 0 Å². The zero-order valence-electron chi connectivity index (χ0n) is 7.01. The van der Waals surface area contributed by atoms with Crippen molar-refractivity contribution in [1.29, 1.82) is 0 Å². The molecule has 0 fully saturated rings. The minimum atomic E-state index is -0.677. The molecule has 1 unspecified atom stereocenters. The van der Waals surface area contributed by atoms with E-state index < -0.39 is 6.10 Å². The first-order valence-corrected chi connectivity index (χ1v) is 3.91. The molecule has 0 aliphatic heterocycles. The van der Waals surface area contributed by atoms with Gasteiger partial charge in [0.2, 0.25) is 0 Å². The average molecular weight is 159 g/mol. The molecule has 66 valence electrons. The van der Waals surface area contributed by atoms with Crippen LogP contribution in [0.1, 0.15) is 19.8 Å². The van der Waals surface area contributed by atoms with Gasteiger partial charge in [-0.25, -0.2) is 0 Å². The summed E-state index contributed by atoms with van der Waals surface area (Å²) in [5.74, 6) is 0. The predicted octanol–water partition coefficient (Wildman–Crippen LogP) is 0.243. The van der Waals surface area contributed by atoms with Crippen molar-refractivity contribution in [3.8, 4) is 0 Å². The van der Waals surface area contributed by atoms with Crippen LogP contribution in [0.4, 0.5) is 0 Å². The number of rotatable bonds is 6. The first kappa shape index (κ1) is 10.5. The molecule has 0 rings (SSSR count). The van der Waals surface area contributed by atoms with E-state index in [0.717, 1.165) is 18.5 Å². The third-order valence-corrected chi connectivity index (χ3v) is 1.35. The van der Waals surface area contributed by atoms with Crippen LogP contribution in [0.25, 0.3) is 0 Å². The summed E-state index contributed by atoms with van der Waals surface area (Å²) in [7, 11) is 0. The minimum absolute atomic E-state index is 0.202. The molecule has 1 atom stereocenters. The highest BCUT2D eigenvalue weighted by molar-refractivity contribution is 4.90. The smallest absolute Gasteiger partial charge is 0.0942 e. The third kappa shape index (κ3) is 5.88. The Hall–Kier alpha value is -0.540. The molecule has 11 heavy (non-hydrogen) atoms. The van der Waals surface area contributed by atoms with Gasteiger partial charge in [0.25, 0.3) is 0 Å². The van der Waals surface area contributed by atoms with E-state index in [0.29, 0.717) is 6.54 Å². The maximum Gasteiger partial charge on any atom is 0.0942 e. The van der Waals surface area contributed by atoms with E-state index in [9.17, 15) is 0 Å². The molecule has 0 radical (unpaired) electrons. The van der Waals surface area contributed by atoms with Crippen molar-refractivity contribution in [3.05, 3.63) is 12.3 Å². The van der Waals surface area contributed by atoms with Crippen molar-refractivity contribution in [2.24, 2.45) is 0 Å². The van der Waals surface area contributed by atoms with Crippen molar-refractivity contribution in [2.45, 2.75) is 25.9 Å². The van der Waals surface area contributed by atoms with E-state index in [1.54, 1.807) is 0 Å². The Bertz CT molecular complexity index is 115. The number of nitrogens with one attached hydrogen (secondary N) is 1. The van der Waals surface area contributed by atoms with E-state index in [-0.39, 0.29) is 6.61 Å². The van der Waals surface area contributed by atoms with Gasteiger partial charge in [-0.1, -0.05) is 19.9 Å². The number of hydrogen-bond acceptors (Lipinski definition) is 3. The monoisotopic (exact) mass is 159 g/mol. The highest BCUT2D eigenvalue weighted by Crippen LogP contribution is 1.96.